The number of carbonyl (C=O) groups excluding carboxylic acids is 3. The number of imide groups is 1. The molecule has 1 fully saturated rings. The number of benzene rings is 2. The minimum Gasteiger partial charge on any atom is -0.493 e. The van der Waals surface area contributed by atoms with Crippen molar-refractivity contribution in [1.82, 2.24) is 10.2 Å². The molecule has 0 aromatic heterocycles. The van der Waals surface area contributed by atoms with Gasteiger partial charge in [0.25, 0.3) is 17.1 Å². The Hall–Kier alpha value is -3.53. The molecule has 8 nitrogen and oxygen atoms in total. The maximum absolute atomic E-state index is 13.0. The molecule has 0 unspecified atom stereocenters. The zero-order valence-corrected chi connectivity index (χ0v) is 18.5. The van der Waals surface area contributed by atoms with E-state index in [-0.39, 0.29) is 35.1 Å². The third-order valence-corrected chi connectivity index (χ3v) is 5.52. The summed E-state index contributed by atoms with van der Waals surface area (Å²) in [6.45, 7) is 0.0327. The molecule has 3 rings (SSSR count). The average molecular weight is 460 g/mol. The molecule has 0 radical (unpaired) electrons. The zero-order valence-electron chi connectivity index (χ0n) is 17.6. The summed E-state index contributed by atoms with van der Waals surface area (Å²) < 4.78 is 28.8. The van der Waals surface area contributed by atoms with Gasteiger partial charge >= 0.3 is 0 Å². The minimum absolute atomic E-state index is 0.00717. The Morgan fingerprint density at radius 1 is 1.03 bits per heavy atom. The lowest BCUT2D eigenvalue weighted by Crippen LogP contribution is -2.37. The fraction of sp³-hybridized carbons (Fsp3) is 0.227. The van der Waals surface area contributed by atoms with Crippen molar-refractivity contribution in [3.8, 4) is 17.2 Å². The van der Waals surface area contributed by atoms with E-state index < -0.39 is 22.9 Å². The summed E-state index contributed by atoms with van der Waals surface area (Å²) in [5.74, 6) is -0.431. The van der Waals surface area contributed by atoms with E-state index in [4.69, 9.17) is 14.2 Å². The van der Waals surface area contributed by atoms with Gasteiger partial charge in [0, 0.05) is 13.1 Å². The summed E-state index contributed by atoms with van der Waals surface area (Å²) in [5, 5.41) is 2.23. The second-order valence-electron chi connectivity index (χ2n) is 6.52. The highest BCUT2D eigenvalue weighted by atomic mass is 32.2. The maximum Gasteiger partial charge on any atom is 0.293 e. The van der Waals surface area contributed by atoms with E-state index in [0.717, 1.165) is 16.7 Å². The first-order chi connectivity index (χ1) is 15.4. The van der Waals surface area contributed by atoms with Crippen LogP contribution in [0.25, 0.3) is 6.08 Å². The lowest BCUT2D eigenvalue weighted by molar-refractivity contribution is -0.122. The predicted molar refractivity (Wildman–Crippen MR) is 118 cm³/mol. The number of ether oxygens (including phenoxy) is 3. The Bertz CT molecular complexity index is 1070. The molecule has 1 aliphatic heterocycles. The zero-order chi connectivity index (χ0) is 23.3. The van der Waals surface area contributed by atoms with E-state index in [0.29, 0.717) is 11.3 Å². The largest absolute Gasteiger partial charge is 0.493 e. The third kappa shape index (κ3) is 4.86. The molecule has 168 valence electrons. The van der Waals surface area contributed by atoms with Crippen molar-refractivity contribution >= 4 is 34.9 Å². The van der Waals surface area contributed by atoms with Crippen LogP contribution >= 0.6 is 11.8 Å². The van der Waals surface area contributed by atoms with Gasteiger partial charge in [-0.1, -0.05) is 12.1 Å². The van der Waals surface area contributed by atoms with Crippen molar-refractivity contribution in [3.63, 3.8) is 0 Å². The molecule has 1 N–H and O–H groups in total. The molecule has 0 atom stereocenters. The number of halogens is 1. The van der Waals surface area contributed by atoms with Crippen LogP contribution in [0.15, 0.2) is 41.3 Å². The van der Waals surface area contributed by atoms with Gasteiger partial charge in [-0.05, 0) is 47.7 Å². The highest BCUT2D eigenvalue weighted by Crippen LogP contribution is 2.39. The van der Waals surface area contributed by atoms with E-state index in [1.165, 1.54) is 57.7 Å². The van der Waals surface area contributed by atoms with Crippen LogP contribution in [-0.2, 0) is 4.79 Å². The van der Waals surface area contributed by atoms with E-state index in [2.05, 4.69) is 5.32 Å². The number of nitrogens with zero attached hydrogens (tertiary/aromatic N) is 1. The fourth-order valence-corrected chi connectivity index (χ4v) is 3.92. The second kappa shape index (κ2) is 10.2. The SMILES string of the molecule is COc1ccc(C(=O)NCCN2C(=O)S/C(=C\c3ccc(F)cc3)C2=O)c(OC)c1OC. The number of carbonyl (C=O) groups is 3. The van der Waals surface area contributed by atoms with E-state index >= 15 is 0 Å². The van der Waals surface area contributed by atoms with Gasteiger partial charge in [-0.15, -0.1) is 0 Å². The van der Waals surface area contributed by atoms with E-state index in [9.17, 15) is 18.8 Å². The molecule has 1 aliphatic rings. The van der Waals surface area contributed by atoms with Crippen LogP contribution in [0.2, 0.25) is 0 Å². The molecule has 2 aromatic carbocycles. The van der Waals surface area contributed by atoms with Crippen LogP contribution in [-0.4, -0.2) is 56.4 Å². The van der Waals surface area contributed by atoms with Crippen molar-refractivity contribution in [1.29, 1.82) is 0 Å². The lowest BCUT2D eigenvalue weighted by Gasteiger charge is -2.16. The smallest absolute Gasteiger partial charge is 0.293 e. The first-order valence-electron chi connectivity index (χ1n) is 9.47. The summed E-state index contributed by atoms with van der Waals surface area (Å²) in [6.07, 6.45) is 1.53. The summed E-state index contributed by atoms with van der Waals surface area (Å²) in [6, 6.07) is 8.68. The molecule has 3 amide bonds. The number of nitrogens with one attached hydrogen (secondary N) is 1. The van der Waals surface area contributed by atoms with Crippen molar-refractivity contribution < 1.29 is 33.0 Å². The van der Waals surface area contributed by atoms with Crippen LogP contribution < -0.4 is 19.5 Å². The van der Waals surface area contributed by atoms with Gasteiger partial charge in [0.05, 0.1) is 31.8 Å². The molecule has 0 bridgehead atoms. The predicted octanol–water partition coefficient (Wildman–Crippen LogP) is 3.32. The fourth-order valence-electron chi connectivity index (χ4n) is 3.06. The molecule has 10 heteroatoms. The number of thioether (sulfide) groups is 1. The maximum atomic E-state index is 13.0. The standard InChI is InChI=1S/C22H21FN2O6S/c1-29-16-9-8-15(18(30-2)19(16)31-3)20(26)24-10-11-25-21(27)17(32-22(25)28)12-13-4-6-14(23)7-5-13/h4-9,12H,10-11H2,1-3H3,(H,24,26)/b17-12-. The van der Waals surface area contributed by atoms with Crippen LogP contribution in [0.4, 0.5) is 9.18 Å². The molecule has 32 heavy (non-hydrogen) atoms. The molecular formula is C22H21FN2O6S. The van der Waals surface area contributed by atoms with Gasteiger partial charge in [-0.3, -0.25) is 19.3 Å². The Morgan fingerprint density at radius 2 is 1.72 bits per heavy atom. The molecule has 1 saturated heterocycles. The molecule has 0 spiro atoms. The minimum atomic E-state index is -0.470. The Balaban J connectivity index is 1.65. The quantitative estimate of drug-likeness (QED) is 0.604. The Morgan fingerprint density at radius 3 is 2.34 bits per heavy atom. The number of methoxy groups -OCH3 is 3. The van der Waals surface area contributed by atoms with Gasteiger partial charge < -0.3 is 19.5 Å². The Kier molecular flexibility index (Phi) is 7.37. The van der Waals surface area contributed by atoms with Gasteiger partial charge in [0.15, 0.2) is 11.5 Å². The van der Waals surface area contributed by atoms with Gasteiger partial charge in [0.2, 0.25) is 5.75 Å². The average Bonchev–Trinajstić information content (AvgIpc) is 3.06. The monoisotopic (exact) mass is 460 g/mol. The normalized spacial score (nSPS) is 14.6. The molecular weight excluding hydrogens is 439 g/mol. The second-order valence-corrected chi connectivity index (χ2v) is 7.52. The summed E-state index contributed by atoms with van der Waals surface area (Å²) in [5.41, 5.74) is 0.821. The number of rotatable bonds is 8. The number of hydrogen-bond donors (Lipinski definition) is 1. The molecule has 1 heterocycles. The van der Waals surface area contributed by atoms with Gasteiger partial charge in [-0.25, -0.2) is 4.39 Å². The van der Waals surface area contributed by atoms with Gasteiger partial charge in [0.1, 0.15) is 5.82 Å². The third-order valence-electron chi connectivity index (χ3n) is 4.61. The summed E-state index contributed by atoms with van der Waals surface area (Å²) in [4.78, 5) is 38.7. The number of hydrogen-bond acceptors (Lipinski definition) is 7. The summed E-state index contributed by atoms with van der Waals surface area (Å²) in [7, 11) is 4.31. The molecule has 0 aliphatic carbocycles. The topological polar surface area (TPSA) is 94.2 Å². The number of amides is 3. The highest BCUT2D eigenvalue weighted by molar-refractivity contribution is 8.18. The highest BCUT2D eigenvalue weighted by Gasteiger charge is 2.34. The van der Waals surface area contributed by atoms with Crippen LogP contribution in [0.5, 0.6) is 17.2 Å². The van der Waals surface area contributed by atoms with Crippen LogP contribution in [0.3, 0.4) is 0 Å². The first-order valence-corrected chi connectivity index (χ1v) is 10.3. The lowest BCUT2D eigenvalue weighted by atomic mass is 10.1. The van der Waals surface area contributed by atoms with Gasteiger partial charge in [-0.2, -0.15) is 0 Å². The van der Waals surface area contributed by atoms with E-state index in [1.807, 2.05) is 0 Å². The van der Waals surface area contributed by atoms with Crippen LogP contribution in [0, 0.1) is 5.82 Å². The first kappa shape index (κ1) is 23.1. The van der Waals surface area contributed by atoms with E-state index in [1.54, 1.807) is 6.07 Å². The molecule has 0 saturated carbocycles. The van der Waals surface area contributed by atoms with Crippen molar-refractivity contribution in [3.05, 3.63) is 58.2 Å². The van der Waals surface area contributed by atoms with Crippen molar-refractivity contribution in [2.75, 3.05) is 34.4 Å². The van der Waals surface area contributed by atoms with Crippen molar-refractivity contribution in [2.24, 2.45) is 0 Å². The van der Waals surface area contributed by atoms with Crippen molar-refractivity contribution in [2.45, 2.75) is 0 Å². The molecule has 2 aromatic rings. The summed E-state index contributed by atoms with van der Waals surface area (Å²) >= 11 is 0.793. The Labute approximate surface area is 188 Å². The van der Waals surface area contributed by atoms with Crippen LogP contribution in [0.1, 0.15) is 15.9 Å².